The van der Waals surface area contributed by atoms with Gasteiger partial charge in [-0.25, -0.2) is 9.97 Å². The Morgan fingerprint density at radius 3 is 2.71 bits per heavy atom. The van der Waals surface area contributed by atoms with Gasteiger partial charge in [-0.1, -0.05) is 18.2 Å². The van der Waals surface area contributed by atoms with Crippen LogP contribution in [0.5, 0.6) is 0 Å². The van der Waals surface area contributed by atoms with Crippen molar-refractivity contribution in [3.05, 3.63) is 77.2 Å². The Labute approximate surface area is 204 Å². The van der Waals surface area contributed by atoms with Gasteiger partial charge in [0.2, 0.25) is 5.78 Å². The normalized spacial score (nSPS) is 23.2. The zero-order valence-electron chi connectivity index (χ0n) is 19.1. The minimum Gasteiger partial charge on any atom is -0.393 e. The summed E-state index contributed by atoms with van der Waals surface area (Å²) in [5.74, 6) is 0.448. The Balaban J connectivity index is 1.20. The molecule has 1 radical (unpaired) electrons. The number of hydrogen-bond acceptors (Lipinski definition) is 8. The van der Waals surface area contributed by atoms with Crippen LogP contribution in [0.2, 0.25) is 0 Å². The maximum absolute atomic E-state index is 13.3. The predicted molar refractivity (Wildman–Crippen MR) is 135 cm³/mol. The summed E-state index contributed by atoms with van der Waals surface area (Å²) < 4.78 is 0. The smallest absolute Gasteiger partial charge is 0.208 e. The number of anilines is 2. The second-order valence-electron chi connectivity index (χ2n) is 9.17. The lowest BCUT2D eigenvalue weighted by atomic mass is 10.1. The number of nitrogens with zero attached hydrogens (tertiary/aromatic N) is 4. The van der Waals surface area contributed by atoms with Crippen LogP contribution in [0.15, 0.2) is 54.3 Å². The molecular weight excluding hydrogens is 446 g/mol. The molecule has 177 valence electrons. The number of aromatic nitrogens is 2. The van der Waals surface area contributed by atoms with E-state index in [1.807, 2.05) is 12.1 Å². The van der Waals surface area contributed by atoms with Gasteiger partial charge in [0, 0.05) is 50.6 Å². The molecule has 2 N–H and O–H groups in total. The summed E-state index contributed by atoms with van der Waals surface area (Å²) >= 11 is 1.47. The third-order valence-electron chi connectivity index (χ3n) is 6.73. The standard InChI is InChI=1S/C26H30N5O2S/c1-18-11-20(13-23(18)32)29-26-22(14-27-17-28-26)25(33)24-12-19(16-34-24)15-30-7-9-31(10-8-30)21-5-3-2-4-6-21/h2-6,12,14,16-18,20,23,32H,1,7-11,13,15H2,(H,27,28,29)/t18-,20-,23+/m1/s1. The number of thiophene rings is 1. The van der Waals surface area contributed by atoms with Crippen LogP contribution in [0.1, 0.15) is 33.6 Å². The summed E-state index contributed by atoms with van der Waals surface area (Å²) in [6.07, 6.45) is 3.95. The number of piperazine rings is 1. The van der Waals surface area contributed by atoms with Gasteiger partial charge in [0.15, 0.2) is 0 Å². The molecule has 1 saturated heterocycles. The van der Waals surface area contributed by atoms with Gasteiger partial charge < -0.3 is 15.3 Å². The summed E-state index contributed by atoms with van der Waals surface area (Å²) in [6, 6.07) is 12.6. The average molecular weight is 477 g/mol. The fourth-order valence-electron chi connectivity index (χ4n) is 4.80. The van der Waals surface area contributed by atoms with Crippen LogP contribution >= 0.6 is 11.3 Å². The van der Waals surface area contributed by atoms with E-state index in [0.717, 1.165) is 44.7 Å². The number of carbonyl (C=O) groups excluding carboxylic acids is 1. The quantitative estimate of drug-likeness (QED) is 0.505. The Morgan fingerprint density at radius 2 is 1.97 bits per heavy atom. The minimum atomic E-state index is -0.423. The summed E-state index contributed by atoms with van der Waals surface area (Å²) in [4.78, 5) is 27.2. The van der Waals surface area contributed by atoms with Gasteiger partial charge in [-0.3, -0.25) is 9.69 Å². The molecule has 3 atom stereocenters. The molecule has 0 unspecified atom stereocenters. The second kappa shape index (κ2) is 10.2. The van der Waals surface area contributed by atoms with E-state index in [-0.39, 0.29) is 17.7 Å². The van der Waals surface area contributed by atoms with Crippen LogP contribution in [0.25, 0.3) is 0 Å². The number of aliphatic hydroxyl groups is 1. The topological polar surface area (TPSA) is 81.6 Å². The van der Waals surface area contributed by atoms with Crippen molar-refractivity contribution in [2.75, 3.05) is 36.4 Å². The van der Waals surface area contributed by atoms with E-state index in [9.17, 15) is 9.90 Å². The Hall–Kier alpha value is -2.81. The highest BCUT2D eigenvalue weighted by molar-refractivity contribution is 7.12. The van der Waals surface area contributed by atoms with E-state index in [2.05, 4.69) is 61.7 Å². The van der Waals surface area contributed by atoms with E-state index in [1.165, 1.54) is 23.4 Å². The maximum atomic E-state index is 13.3. The zero-order valence-corrected chi connectivity index (χ0v) is 20.0. The molecule has 1 aromatic carbocycles. The van der Waals surface area contributed by atoms with E-state index < -0.39 is 6.10 Å². The zero-order chi connectivity index (χ0) is 23.5. The van der Waals surface area contributed by atoms with Crippen molar-refractivity contribution in [2.45, 2.75) is 31.5 Å². The van der Waals surface area contributed by atoms with Crippen molar-refractivity contribution in [3.63, 3.8) is 0 Å². The fraction of sp³-hybridized carbons (Fsp3) is 0.385. The van der Waals surface area contributed by atoms with Crippen molar-refractivity contribution in [1.82, 2.24) is 14.9 Å². The van der Waals surface area contributed by atoms with Gasteiger partial charge in [-0.2, -0.15) is 0 Å². The molecule has 2 aliphatic rings. The Bertz CT molecular complexity index is 1100. The molecule has 2 fully saturated rings. The molecule has 3 heterocycles. The summed E-state index contributed by atoms with van der Waals surface area (Å²) in [6.45, 7) is 8.82. The fourth-order valence-corrected chi connectivity index (χ4v) is 5.65. The van der Waals surface area contributed by atoms with Crippen molar-refractivity contribution in [2.24, 2.45) is 5.92 Å². The van der Waals surface area contributed by atoms with Crippen molar-refractivity contribution in [1.29, 1.82) is 0 Å². The second-order valence-corrected chi connectivity index (χ2v) is 10.1. The molecule has 0 bridgehead atoms. The molecule has 34 heavy (non-hydrogen) atoms. The van der Waals surface area contributed by atoms with Crippen LogP contribution in [0.4, 0.5) is 11.5 Å². The van der Waals surface area contributed by atoms with Crippen LogP contribution < -0.4 is 10.2 Å². The molecule has 0 spiro atoms. The van der Waals surface area contributed by atoms with Gasteiger partial charge >= 0.3 is 0 Å². The van der Waals surface area contributed by atoms with E-state index >= 15 is 0 Å². The summed E-state index contributed by atoms with van der Waals surface area (Å²) in [7, 11) is 0. The molecule has 8 heteroatoms. The van der Waals surface area contributed by atoms with Crippen molar-refractivity contribution < 1.29 is 9.90 Å². The third kappa shape index (κ3) is 5.14. The first-order valence-corrected chi connectivity index (χ1v) is 12.7. The lowest BCUT2D eigenvalue weighted by Crippen LogP contribution is -2.45. The third-order valence-corrected chi connectivity index (χ3v) is 7.71. The first kappa shape index (κ1) is 23.0. The monoisotopic (exact) mass is 476 g/mol. The lowest BCUT2D eigenvalue weighted by Gasteiger charge is -2.36. The molecule has 7 nitrogen and oxygen atoms in total. The van der Waals surface area contributed by atoms with Gasteiger partial charge in [0.1, 0.15) is 12.1 Å². The van der Waals surface area contributed by atoms with E-state index in [4.69, 9.17) is 0 Å². The highest BCUT2D eigenvalue weighted by atomic mass is 32.1. The largest absolute Gasteiger partial charge is 0.393 e. The van der Waals surface area contributed by atoms with Crippen LogP contribution in [-0.2, 0) is 6.54 Å². The van der Waals surface area contributed by atoms with Crippen LogP contribution in [0, 0.1) is 12.8 Å². The molecule has 0 amide bonds. The van der Waals surface area contributed by atoms with E-state index in [1.54, 1.807) is 6.20 Å². The molecule has 1 aliphatic heterocycles. The average Bonchev–Trinajstić information content (AvgIpc) is 3.45. The van der Waals surface area contributed by atoms with Crippen LogP contribution in [0.3, 0.4) is 0 Å². The molecule has 2 aromatic heterocycles. The number of benzene rings is 1. The van der Waals surface area contributed by atoms with Gasteiger partial charge in [-0.15, -0.1) is 11.3 Å². The van der Waals surface area contributed by atoms with Crippen molar-refractivity contribution >= 4 is 28.6 Å². The Kier molecular flexibility index (Phi) is 6.89. The predicted octanol–water partition coefficient (Wildman–Crippen LogP) is 3.48. The first-order valence-electron chi connectivity index (χ1n) is 11.8. The molecule has 3 aromatic rings. The number of carbonyl (C=O) groups is 1. The maximum Gasteiger partial charge on any atom is 0.208 e. The first-order chi connectivity index (χ1) is 16.6. The minimum absolute atomic E-state index is 0.00657. The number of nitrogens with one attached hydrogen (secondary N) is 1. The molecular formula is C26H30N5O2S. The van der Waals surface area contributed by atoms with Gasteiger partial charge in [-0.05, 0) is 54.8 Å². The van der Waals surface area contributed by atoms with Gasteiger partial charge in [0.05, 0.1) is 16.5 Å². The Morgan fingerprint density at radius 1 is 1.18 bits per heavy atom. The lowest BCUT2D eigenvalue weighted by molar-refractivity contribution is 0.104. The summed E-state index contributed by atoms with van der Waals surface area (Å²) in [5, 5.41) is 15.4. The highest BCUT2D eigenvalue weighted by Gasteiger charge is 2.31. The summed E-state index contributed by atoms with van der Waals surface area (Å²) in [5.41, 5.74) is 2.90. The number of rotatable bonds is 7. The highest BCUT2D eigenvalue weighted by Crippen LogP contribution is 2.29. The van der Waals surface area contributed by atoms with Crippen molar-refractivity contribution in [3.8, 4) is 0 Å². The number of hydrogen-bond donors (Lipinski definition) is 2. The van der Waals surface area contributed by atoms with E-state index in [0.29, 0.717) is 22.7 Å². The molecule has 5 rings (SSSR count). The van der Waals surface area contributed by atoms with Crippen LogP contribution in [-0.4, -0.2) is 64.1 Å². The molecule has 1 saturated carbocycles. The number of aliphatic hydroxyl groups excluding tert-OH is 1. The van der Waals surface area contributed by atoms with Gasteiger partial charge in [0.25, 0.3) is 0 Å². The SMILES string of the molecule is [CH2][C@@H]1C[C@@H](Nc2ncncc2C(=O)c2cc(CN3CCN(c4ccccc4)CC3)cs2)C[C@@H]1O. The number of para-hydroxylation sites is 1. The number of ketones is 1. The molecule has 1 aliphatic carbocycles.